The molecule has 1 saturated heterocycles. The third kappa shape index (κ3) is 4.04. The zero-order valence-corrected chi connectivity index (χ0v) is 17.3. The van der Waals surface area contributed by atoms with Crippen LogP contribution in [0.25, 0.3) is 0 Å². The molecule has 8 heteroatoms. The number of hydrogen-bond donors (Lipinski definition) is 0. The van der Waals surface area contributed by atoms with Gasteiger partial charge in [-0.25, -0.2) is 12.8 Å². The first-order chi connectivity index (χ1) is 13.2. The van der Waals surface area contributed by atoms with Crippen LogP contribution in [0.1, 0.15) is 28.7 Å². The van der Waals surface area contributed by atoms with Crippen LogP contribution in [0, 0.1) is 19.7 Å². The van der Waals surface area contributed by atoms with Gasteiger partial charge in [-0.15, -0.1) is 0 Å². The summed E-state index contributed by atoms with van der Waals surface area (Å²) < 4.78 is 42.2. The number of nitrogens with zero attached hydrogens (tertiary/aromatic N) is 3. The lowest BCUT2D eigenvalue weighted by Crippen LogP contribution is -2.49. The molecule has 28 heavy (non-hydrogen) atoms. The van der Waals surface area contributed by atoms with Crippen LogP contribution in [0.4, 0.5) is 4.39 Å². The van der Waals surface area contributed by atoms with Gasteiger partial charge in [0.15, 0.2) is 5.78 Å². The van der Waals surface area contributed by atoms with Crippen molar-refractivity contribution >= 4 is 15.8 Å². The number of piperazine rings is 1. The van der Waals surface area contributed by atoms with Gasteiger partial charge < -0.3 is 4.57 Å². The molecule has 0 unspecified atom stereocenters. The Bertz CT molecular complexity index is 977. The number of carbonyl (C=O) groups excluding carboxylic acids is 1. The summed E-state index contributed by atoms with van der Waals surface area (Å²) in [6.07, 6.45) is 0. The van der Waals surface area contributed by atoms with Crippen LogP contribution in [0.15, 0.2) is 35.2 Å². The van der Waals surface area contributed by atoms with Gasteiger partial charge in [0.2, 0.25) is 10.0 Å². The van der Waals surface area contributed by atoms with E-state index in [0.717, 1.165) is 29.6 Å². The molecule has 1 aliphatic rings. The minimum atomic E-state index is -3.72. The van der Waals surface area contributed by atoms with Crippen molar-refractivity contribution in [1.82, 2.24) is 13.8 Å². The summed E-state index contributed by atoms with van der Waals surface area (Å²) in [6.45, 7) is 8.56. The summed E-state index contributed by atoms with van der Waals surface area (Å²) in [5.41, 5.74) is 2.76. The second-order valence-electron chi connectivity index (χ2n) is 7.09. The molecule has 0 amide bonds. The first-order valence-corrected chi connectivity index (χ1v) is 10.9. The molecular weight excluding hydrogens is 381 g/mol. The van der Waals surface area contributed by atoms with Crippen LogP contribution in [0.3, 0.4) is 0 Å². The second-order valence-corrected chi connectivity index (χ2v) is 9.03. The Morgan fingerprint density at radius 2 is 1.79 bits per heavy atom. The lowest BCUT2D eigenvalue weighted by Gasteiger charge is -2.33. The van der Waals surface area contributed by atoms with Crippen LogP contribution in [0.5, 0.6) is 0 Å². The number of aromatic nitrogens is 1. The molecule has 1 fully saturated rings. The normalized spacial score (nSPS) is 16.4. The maximum atomic E-state index is 13.4. The summed E-state index contributed by atoms with van der Waals surface area (Å²) in [5, 5.41) is 0. The minimum Gasteiger partial charge on any atom is -0.349 e. The monoisotopic (exact) mass is 407 g/mol. The van der Waals surface area contributed by atoms with Gasteiger partial charge in [-0.05, 0) is 45.0 Å². The summed E-state index contributed by atoms with van der Waals surface area (Å²) in [6, 6.07) is 6.97. The van der Waals surface area contributed by atoms with E-state index >= 15 is 0 Å². The molecule has 1 aliphatic heterocycles. The van der Waals surface area contributed by atoms with E-state index < -0.39 is 15.8 Å². The number of Topliss-reactive ketones (excluding diaryl/α,β-unsaturated/α-hetero) is 1. The first-order valence-electron chi connectivity index (χ1n) is 9.42. The van der Waals surface area contributed by atoms with Gasteiger partial charge in [-0.1, -0.05) is 6.07 Å². The van der Waals surface area contributed by atoms with E-state index in [1.54, 1.807) is 0 Å². The van der Waals surface area contributed by atoms with Crippen molar-refractivity contribution in [3.05, 3.63) is 53.1 Å². The van der Waals surface area contributed by atoms with Gasteiger partial charge in [-0.3, -0.25) is 9.69 Å². The summed E-state index contributed by atoms with van der Waals surface area (Å²) in [4.78, 5) is 14.7. The Morgan fingerprint density at radius 3 is 2.36 bits per heavy atom. The number of hydrogen-bond acceptors (Lipinski definition) is 4. The van der Waals surface area contributed by atoms with E-state index in [1.807, 2.05) is 31.7 Å². The Labute approximate surface area is 165 Å². The number of carbonyl (C=O) groups is 1. The predicted molar refractivity (Wildman–Crippen MR) is 106 cm³/mol. The van der Waals surface area contributed by atoms with Crippen molar-refractivity contribution < 1.29 is 17.6 Å². The van der Waals surface area contributed by atoms with Gasteiger partial charge in [-0.2, -0.15) is 4.31 Å². The highest BCUT2D eigenvalue weighted by molar-refractivity contribution is 7.89. The van der Waals surface area contributed by atoms with Crippen molar-refractivity contribution in [2.45, 2.75) is 32.2 Å². The third-order valence-corrected chi connectivity index (χ3v) is 7.22. The average Bonchev–Trinajstić information content (AvgIpc) is 2.96. The molecule has 0 saturated carbocycles. The maximum Gasteiger partial charge on any atom is 0.243 e. The Morgan fingerprint density at radius 1 is 1.11 bits per heavy atom. The van der Waals surface area contributed by atoms with Crippen LogP contribution in [0.2, 0.25) is 0 Å². The number of halogens is 1. The van der Waals surface area contributed by atoms with Crippen LogP contribution < -0.4 is 0 Å². The van der Waals surface area contributed by atoms with E-state index in [1.165, 1.54) is 22.5 Å². The van der Waals surface area contributed by atoms with E-state index in [0.29, 0.717) is 13.1 Å². The maximum absolute atomic E-state index is 13.4. The van der Waals surface area contributed by atoms with Gasteiger partial charge >= 0.3 is 0 Å². The third-order valence-electron chi connectivity index (χ3n) is 5.32. The summed E-state index contributed by atoms with van der Waals surface area (Å²) in [5.74, 6) is -0.524. The molecule has 1 aromatic heterocycles. The standard InChI is InChI=1S/C20H26FN3O3S/c1-4-24-15(2)12-19(16(24)3)20(25)14-22-8-10-23(11-9-22)28(26,27)18-7-5-6-17(21)13-18/h5-7,12-13H,4,8-11,14H2,1-3H3. The topological polar surface area (TPSA) is 62.6 Å². The van der Waals surface area contributed by atoms with Crippen molar-refractivity contribution in [1.29, 1.82) is 0 Å². The van der Waals surface area contributed by atoms with Crippen LogP contribution >= 0.6 is 0 Å². The van der Waals surface area contributed by atoms with E-state index in [9.17, 15) is 17.6 Å². The molecule has 0 bridgehead atoms. The fraction of sp³-hybridized carbons (Fsp3) is 0.450. The Hall–Kier alpha value is -2.03. The number of benzene rings is 1. The van der Waals surface area contributed by atoms with Gasteiger partial charge in [0.05, 0.1) is 11.4 Å². The Balaban J connectivity index is 1.63. The quantitative estimate of drug-likeness (QED) is 0.690. The smallest absolute Gasteiger partial charge is 0.243 e. The van der Waals surface area contributed by atoms with E-state index in [4.69, 9.17) is 0 Å². The summed E-state index contributed by atoms with van der Waals surface area (Å²) >= 11 is 0. The van der Waals surface area contributed by atoms with E-state index in [-0.39, 0.29) is 30.3 Å². The molecule has 0 spiro atoms. The molecular formula is C20H26FN3O3S. The van der Waals surface area contributed by atoms with E-state index in [2.05, 4.69) is 4.57 Å². The highest BCUT2D eigenvalue weighted by Gasteiger charge is 2.29. The molecule has 0 radical (unpaired) electrons. The number of ketones is 1. The van der Waals surface area contributed by atoms with Crippen LogP contribution in [-0.4, -0.2) is 60.7 Å². The molecule has 2 heterocycles. The largest absolute Gasteiger partial charge is 0.349 e. The molecule has 3 rings (SSSR count). The van der Waals surface area contributed by atoms with Gasteiger partial charge in [0, 0.05) is 49.7 Å². The van der Waals surface area contributed by atoms with Crippen molar-refractivity contribution in [2.24, 2.45) is 0 Å². The van der Waals surface area contributed by atoms with Gasteiger partial charge in [0.25, 0.3) is 0 Å². The first kappa shape index (κ1) is 20.7. The SMILES string of the molecule is CCn1c(C)cc(C(=O)CN2CCN(S(=O)(=O)c3cccc(F)c3)CC2)c1C. The van der Waals surface area contributed by atoms with Crippen molar-refractivity contribution in [3.8, 4) is 0 Å². The minimum absolute atomic E-state index is 0.0379. The molecule has 0 atom stereocenters. The zero-order chi connectivity index (χ0) is 20.5. The van der Waals surface area contributed by atoms with Gasteiger partial charge in [0.1, 0.15) is 5.82 Å². The predicted octanol–water partition coefficient (Wildman–Crippen LogP) is 2.45. The summed E-state index contributed by atoms with van der Waals surface area (Å²) in [7, 11) is -3.72. The fourth-order valence-corrected chi connectivity index (χ4v) is 5.22. The molecule has 6 nitrogen and oxygen atoms in total. The van der Waals surface area contributed by atoms with Crippen molar-refractivity contribution in [2.75, 3.05) is 32.7 Å². The zero-order valence-electron chi connectivity index (χ0n) is 16.5. The highest BCUT2D eigenvalue weighted by Crippen LogP contribution is 2.20. The molecule has 152 valence electrons. The van der Waals surface area contributed by atoms with Crippen LogP contribution in [-0.2, 0) is 16.6 Å². The number of sulfonamides is 1. The lowest BCUT2D eigenvalue weighted by molar-refractivity contribution is 0.0901. The number of rotatable bonds is 6. The molecule has 0 N–H and O–H groups in total. The average molecular weight is 408 g/mol. The molecule has 2 aromatic rings. The number of aryl methyl sites for hydroxylation is 1. The fourth-order valence-electron chi connectivity index (χ4n) is 3.76. The lowest BCUT2D eigenvalue weighted by atomic mass is 10.1. The molecule has 1 aromatic carbocycles. The highest BCUT2D eigenvalue weighted by atomic mass is 32.2. The second kappa shape index (κ2) is 8.14. The molecule has 0 aliphatic carbocycles. The van der Waals surface area contributed by atoms with Crippen molar-refractivity contribution in [3.63, 3.8) is 0 Å². The Kier molecular flexibility index (Phi) is 6.02.